The van der Waals surface area contributed by atoms with Gasteiger partial charge in [-0.05, 0) is 0 Å². The van der Waals surface area contributed by atoms with Crippen molar-refractivity contribution >= 4 is 17.2 Å². The zero-order valence-electron chi connectivity index (χ0n) is 4.47. The third kappa shape index (κ3) is 1.75. The number of hydrogen-bond donors (Lipinski definition) is 1. The monoisotopic (exact) mass is 136 g/mol. The molecule has 0 amide bonds. The molecule has 0 aliphatic heterocycles. The van der Waals surface area contributed by atoms with Crippen LogP contribution in [0.15, 0.2) is 10.9 Å². The molecule has 1 heterocycles. The topological polar surface area (TPSA) is 38.9 Å². The van der Waals surface area contributed by atoms with Crippen LogP contribution in [0.1, 0.15) is 1.43 Å². The third-order valence-electron chi connectivity index (χ3n) is 0.451. The molecule has 0 aromatic carbocycles. The first-order chi connectivity index (χ1) is 2.89. The molecule has 0 fully saturated rings. The van der Waals surface area contributed by atoms with Gasteiger partial charge in [0.2, 0.25) is 0 Å². The lowest BCUT2D eigenvalue weighted by molar-refractivity contribution is -0.00000129. The van der Waals surface area contributed by atoms with E-state index >= 15 is 0 Å². The van der Waals surface area contributed by atoms with Gasteiger partial charge in [0.05, 0.1) is 5.51 Å². The lowest BCUT2D eigenvalue weighted by atomic mass is 10.9. The summed E-state index contributed by atoms with van der Waals surface area (Å²) in [5.74, 6) is 0.611. The number of anilines is 1. The van der Waals surface area contributed by atoms with Gasteiger partial charge >= 0.3 is 1.43 Å². The quantitative estimate of drug-likeness (QED) is 0.442. The Bertz CT molecular complexity index is 121. The molecule has 0 aliphatic rings. The van der Waals surface area contributed by atoms with Crippen LogP contribution in [-0.4, -0.2) is 4.98 Å². The highest BCUT2D eigenvalue weighted by Gasteiger charge is 1.76. The molecular formula is C3H5ClN2S. The number of nitrogens with zero attached hydrogens (tertiary/aromatic N) is 1. The Morgan fingerprint density at radius 3 is 2.71 bits per heavy atom. The van der Waals surface area contributed by atoms with Crippen molar-refractivity contribution in [1.29, 1.82) is 0 Å². The first-order valence-corrected chi connectivity index (χ1v) is 2.47. The summed E-state index contributed by atoms with van der Waals surface area (Å²) in [5.41, 5.74) is 6.88. The van der Waals surface area contributed by atoms with Crippen molar-refractivity contribution in [2.24, 2.45) is 0 Å². The molecule has 1 rings (SSSR count). The fraction of sp³-hybridized carbons (Fsp3) is 0. The number of thiazole rings is 1. The van der Waals surface area contributed by atoms with Crippen LogP contribution in [0.5, 0.6) is 0 Å². The first-order valence-electron chi connectivity index (χ1n) is 1.53. The number of aromatic nitrogens is 1. The summed E-state index contributed by atoms with van der Waals surface area (Å²) >= 11 is 1.50. The van der Waals surface area contributed by atoms with Crippen molar-refractivity contribution in [2.45, 2.75) is 0 Å². The van der Waals surface area contributed by atoms with Crippen LogP contribution >= 0.6 is 11.3 Å². The lowest BCUT2D eigenvalue weighted by Gasteiger charge is -1.67. The number of nitrogen functional groups attached to an aromatic ring is 1. The molecular weight excluding hydrogens is 132 g/mol. The Morgan fingerprint density at radius 1 is 1.86 bits per heavy atom. The maximum absolute atomic E-state index is 5.18. The molecule has 2 nitrogen and oxygen atoms in total. The van der Waals surface area contributed by atoms with Crippen molar-refractivity contribution in [3.05, 3.63) is 10.9 Å². The van der Waals surface area contributed by atoms with Crippen LogP contribution in [0.3, 0.4) is 0 Å². The Balaban J connectivity index is 0. The highest BCUT2D eigenvalue weighted by atomic mass is 35.5. The second-order valence-electron chi connectivity index (χ2n) is 0.913. The summed E-state index contributed by atoms with van der Waals surface area (Å²) in [5, 5.41) is 1.79. The molecule has 40 valence electrons. The van der Waals surface area contributed by atoms with Gasteiger partial charge in [-0.1, -0.05) is 0 Å². The van der Waals surface area contributed by atoms with Gasteiger partial charge in [-0.25, -0.2) is 4.98 Å². The molecule has 7 heavy (non-hydrogen) atoms. The van der Waals surface area contributed by atoms with Crippen LogP contribution in [0.2, 0.25) is 0 Å². The predicted molar refractivity (Wildman–Crippen MR) is 27.6 cm³/mol. The fourth-order valence-corrected chi connectivity index (χ4v) is 0.666. The van der Waals surface area contributed by atoms with Gasteiger partial charge in [0.15, 0.2) is 0 Å². The molecule has 1 aromatic heterocycles. The molecule has 1 aromatic rings. The Hall–Kier alpha value is -0.280. The standard InChI is InChI=1S/C3H4N2S.ClH/c4-3-1-6-2-5-3;/h1-2H,4H2;1H. The zero-order chi connectivity index (χ0) is 4.41. The minimum Gasteiger partial charge on any atom is -1.00 e. The van der Waals surface area contributed by atoms with Crippen molar-refractivity contribution in [1.82, 2.24) is 4.98 Å². The summed E-state index contributed by atoms with van der Waals surface area (Å²) in [6, 6.07) is 0. The zero-order valence-corrected chi connectivity index (χ0v) is 5.04. The van der Waals surface area contributed by atoms with Gasteiger partial charge in [-0.15, -0.1) is 11.3 Å². The molecule has 4 heteroatoms. The molecule has 0 aliphatic carbocycles. The van der Waals surface area contributed by atoms with E-state index < -0.39 is 0 Å². The van der Waals surface area contributed by atoms with Gasteiger partial charge in [0.25, 0.3) is 0 Å². The fourth-order valence-electron chi connectivity index (χ4n) is 0.222. The minimum atomic E-state index is 0. The summed E-state index contributed by atoms with van der Waals surface area (Å²) in [6.45, 7) is 0. The molecule has 2 N–H and O–H groups in total. The first kappa shape index (κ1) is 6.72. The van der Waals surface area contributed by atoms with Crippen molar-refractivity contribution in [3.63, 3.8) is 0 Å². The van der Waals surface area contributed by atoms with E-state index in [1.165, 1.54) is 11.3 Å². The van der Waals surface area contributed by atoms with Gasteiger partial charge in [0, 0.05) is 5.38 Å². The smallest absolute Gasteiger partial charge is 1.00 e. The molecule has 0 atom stereocenters. The average Bonchev–Trinajstić information content (AvgIpc) is 1.86. The van der Waals surface area contributed by atoms with Gasteiger partial charge in [0.1, 0.15) is 5.82 Å². The van der Waals surface area contributed by atoms with Crippen LogP contribution in [-0.2, 0) is 0 Å². The van der Waals surface area contributed by atoms with E-state index in [9.17, 15) is 0 Å². The van der Waals surface area contributed by atoms with Crippen LogP contribution < -0.4 is 18.1 Å². The lowest BCUT2D eigenvalue weighted by Crippen LogP contribution is -3.00. The summed E-state index contributed by atoms with van der Waals surface area (Å²) in [4.78, 5) is 3.71. The van der Waals surface area contributed by atoms with Crippen LogP contribution in [0.4, 0.5) is 5.82 Å². The average molecular weight is 137 g/mol. The van der Waals surface area contributed by atoms with E-state index in [4.69, 9.17) is 5.73 Å². The maximum Gasteiger partial charge on any atom is 1.00 e. The van der Waals surface area contributed by atoms with Crippen molar-refractivity contribution < 1.29 is 13.8 Å². The van der Waals surface area contributed by atoms with Crippen molar-refractivity contribution in [3.8, 4) is 0 Å². The largest absolute Gasteiger partial charge is 1.00 e. The summed E-state index contributed by atoms with van der Waals surface area (Å²) < 4.78 is 0. The normalized spacial score (nSPS) is 7.43. The Kier molecular flexibility index (Phi) is 2.71. The van der Waals surface area contributed by atoms with E-state index in [1.54, 1.807) is 10.9 Å². The van der Waals surface area contributed by atoms with Crippen molar-refractivity contribution in [2.75, 3.05) is 5.73 Å². The highest BCUT2D eigenvalue weighted by molar-refractivity contribution is 7.07. The third-order valence-corrected chi connectivity index (χ3v) is 1.06. The highest BCUT2D eigenvalue weighted by Crippen LogP contribution is 1.99. The van der Waals surface area contributed by atoms with Gasteiger partial charge in [-0.3, -0.25) is 0 Å². The molecule has 0 bridgehead atoms. The molecule has 0 unspecified atom stereocenters. The number of rotatable bonds is 0. The van der Waals surface area contributed by atoms with Crippen LogP contribution in [0, 0.1) is 0 Å². The van der Waals surface area contributed by atoms with Crippen LogP contribution in [0.25, 0.3) is 0 Å². The molecule has 0 spiro atoms. The van der Waals surface area contributed by atoms with E-state index in [0.29, 0.717) is 5.82 Å². The minimum absolute atomic E-state index is 0. The summed E-state index contributed by atoms with van der Waals surface area (Å²) in [6.07, 6.45) is 0. The van der Waals surface area contributed by atoms with E-state index in [-0.39, 0.29) is 13.8 Å². The van der Waals surface area contributed by atoms with Gasteiger partial charge in [-0.2, -0.15) is 0 Å². The predicted octanol–water partition coefficient (Wildman–Crippen LogP) is -2.16. The van der Waals surface area contributed by atoms with E-state index in [2.05, 4.69) is 4.98 Å². The number of hydrogen-bond acceptors (Lipinski definition) is 3. The molecule has 0 radical (unpaired) electrons. The maximum atomic E-state index is 5.18. The summed E-state index contributed by atoms with van der Waals surface area (Å²) in [7, 11) is 0. The second-order valence-corrected chi connectivity index (χ2v) is 1.63. The Morgan fingerprint density at radius 2 is 2.57 bits per heavy atom. The van der Waals surface area contributed by atoms with Gasteiger partial charge < -0.3 is 18.1 Å². The number of halogens is 1. The van der Waals surface area contributed by atoms with E-state index in [1.807, 2.05) is 0 Å². The number of nitrogens with two attached hydrogens (primary N) is 1. The molecule has 0 saturated carbocycles. The Labute approximate surface area is 53.3 Å². The molecule has 0 saturated heterocycles. The van der Waals surface area contributed by atoms with E-state index in [0.717, 1.165) is 0 Å². The second kappa shape index (κ2) is 2.82. The SMILES string of the molecule is Nc1cscn1.[Cl-].[H+].